The summed E-state index contributed by atoms with van der Waals surface area (Å²) in [6.07, 6.45) is 0.563. The van der Waals surface area contributed by atoms with Gasteiger partial charge in [0.25, 0.3) is 0 Å². The van der Waals surface area contributed by atoms with Crippen LogP contribution in [0.15, 0.2) is 18.2 Å². The summed E-state index contributed by atoms with van der Waals surface area (Å²) < 4.78 is 0. The van der Waals surface area contributed by atoms with Crippen molar-refractivity contribution < 1.29 is 4.79 Å². The van der Waals surface area contributed by atoms with Gasteiger partial charge in [-0.05, 0) is 18.6 Å². The van der Waals surface area contributed by atoms with E-state index in [0.717, 1.165) is 11.3 Å². The molecule has 1 aliphatic heterocycles. The summed E-state index contributed by atoms with van der Waals surface area (Å²) in [7, 11) is 1.82. The summed E-state index contributed by atoms with van der Waals surface area (Å²) in [5, 5.41) is 0. The normalized spacial score (nSPS) is 14.0. The summed E-state index contributed by atoms with van der Waals surface area (Å²) in [5.74, 6) is 0.190. The van der Waals surface area contributed by atoms with Crippen LogP contribution in [0.2, 0.25) is 0 Å². The predicted octanol–water partition coefficient (Wildman–Crippen LogP) is 2.15. The minimum absolute atomic E-state index is 0. The van der Waals surface area contributed by atoms with Gasteiger partial charge in [-0.25, -0.2) is 0 Å². The van der Waals surface area contributed by atoms with Crippen molar-refractivity contribution in [1.29, 1.82) is 0 Å². The smallest absolute Gasteiger partial charge is 0.231 e. The summed E-state index contributed by atoms with van der Waals surface area (Å²) >= 11 is 0. The first-order valence-electron chi connectivity index (χ1n) is 4.04. The number of amides is 1. The second kappa shape index (κ2) is 3.21. The molecule has 1 amide bonds. The highest BCUT2D eigenvalue weighted by atomic mass is 16.2. The van der Waals surface area contributed by atoms with Gasteiger partial charge in [-0.15, -0.1) is 0 Å². The van der Waals surface area contributed by atoms with Gasteiger partial charge >= 0.3 is 0 Å². The zero-order valence-electron chi connectivity index (χ0n) is 7.29. The van der Waals surface area contributed by atoms with Crippen LogP contribution in [-0.2, 0) is 11.2 Å². The molecule has 0 N–H and O–H groups in total. The molecule has 2 rings (SSSR count). The van der Waals surface area contributed by atoms with E-state index in [9.17, 15) is 4.79 Å². The Kier molecular flexibility index (Phi) is 2.41. The molecule has 0 saturated heterocycles. The number of rotatable bonds is 0. The number of aryl methyl sites for hydroxylation is 1. The second-order valence-corrected chi connectivity index (χ2v) is 3.26. The van der Waals surface area contributed by atoms with Crippen molar-refractivity contribution in [3.8, 4) is 0 Å². The molecule has 0 atom stereocenters. The number of anilines is 1. The van der Waals surface area contributed by atoms with E-state index >= 15 is 0 Å². The Balaban J connectivity index is 0.000000845. The van der Waals surface area contributed by atoms with Crippen LogP contribution in [0, 0.1) is 6.92 Å². The third-order valence-electron chi connectivity index (χ3n) is 2.31. The van der Waals surface area contributed by atoms with Crippen molar-refractivity contribution in [3.05, 3.63) is 29.3 Å². The molecule has 0 radical (unpaired) electrons. The highest BCUT2D eigenvalue weighted by molar-refractivity contribution is 6.00. The van der Waals surface area contributed by atoms with E-state index in [1.807, 2.05) is 26.1 Å². The molecule has 0 unspecified atom stereocenters. The standard InChI is InChI=1S/C10H11NO.CH4/c1-7-3-4-9-8(5-7)6-10(12)11(9)2;/h3-5H,6H2,1-2H3;1H4. The van der Waals surface area contributed by atoms with Crippen molar-refractivity contribution in [1.82, 2.24) is 0 Å². The molecule has 0 aromatic heterocycles. The largest absolute Gasteiger partial charge is 0.315 e. The number of hydrogen-bond donors (Lipinski definition) is 0. The van der Waals surface area contributed by atoms with Crippen LogP contribution in [0.25, 0.3) is 0 Å². The number of benzene rings is 1. The molecule has 0 aliphatic carbocycles. The third-order valence-corrected chi connectivity index (χ3v) is 2.31. The molecule has 0 spiro atoms. The van der Waals surface area contributed by atoms with Crippen LogP contribution in [0.3, 0.4) is 0 Å². The average molecular weight is 177 g/mol. The average Bonchev–Trinajstić information content (AvgIpc) is 2.28. The van der Waals surface area contributed by atoms with Gasteiger partial charge in [0.05, 0.1) is 6.42 Å². The highest BCUT2D eigenvalue weighted by Crippen LogP contribution is 2.27. The van der Waals surface area contributed by atoms with Gasteiger partial charge in [0.2, 0.25) is 5.91 Å². The lowest BCUT2D eigenvalue weighted by Gasteiger charge is -2.09. The van der Waals surface area contributed by atoms with Crippen LogP contribution >= 0.6 is 0 Å². The van der Waals surface area contributed by atoms with E-state index in [0.29, 0.717) is 6.42 Å². The fraction of sp³-hybridized carbons (Fsp3) is 0.364. The molecule has 0 saturated carbocycles. The summed E-state index contributed by atoms with van der Waals surface area (Å²) in [6.45, 7) is 2.04. The Morgan fingerprint density at radius 3 is 2.77 bits per heavy atom. The van der Waals surface area contributed by atoms with Gasteiger partial charge < -0.3 is 4.90 Å². The molecule has 13 heavy (non-hydrogen) atoms. The van der Waals surface area contributed by atoms with Crippen molar-refractivity contribution in [2.24, 2.45) is 0 Å². The van der Waals surface area contributed by atoms with Crippen LogP contribution < -0.4 is 4.90 Å². The minimum Gasteiger partial charge on any atom is -0.315 e. The van der Waals surface area contributed by atoms with E-state index in [1.54, 1.807) is 4.90 Å². The molecular formula is C11H15NO. The van der Waals surface area contributed by atoms with E-state index in [1.165, 1.54) is 5.56 Å². The van der Waals surface area contributed by atoms with Crippen LogP contribution in [-0.4, -0.2) is 13.0 Å². The zero-order valence-corrected chi connectivity index (χ0v) is 7.29. The fourth-order valence-corrected chi connectivity index (χ4v) is 1.60. The third kappa shape index (κ3) is 1.44. The van der Waals surface area contributed by atoms with Gasteiger partial charge in [0.15, 0.2) is 0 Å². The number of fused-ring (bicyclic) bond motifs is 1. The Labute approximate surface area is 79.2 Å². The topological polar surface area (TPSA) is 20.3 Å². The van der Waals surface area contributed by atoms with Gasteiger partial charge in [0.1, 0.15) is 0 Å². The molecule has 0 fully saturated rings. The molecule has 1 aromatic rings. The molecule has 0 bridgehead atoms. The van der Waals surface area contributed by atoms with Crippen molar-refractivity contribution in [3.63, 3.8) is 0 Å². The zero-order chi connectivity index (χ0) is 8.72. The molecular weight excluding hydrogens is 162 g/mol. The van der Waals surface area contributed by atoms with Crippen molar-refractivity contribution in [2.45, 2.75) is 20.8 Å². The van der Waals surface area contributed by atoms with Crippen LogP contribution in [0.1, 0.15) is 18.6 Å². The van der Waals surface area contributed by atoms with E-state index < -0.39 is 0 Å². The number of carbonyl (C=O) groups excluding carboxylic acids is 1. The molecule has 2 nitrogen and oxygen atoms in total. The molecule has 1 heterocycles. The second-order valence-electron chi connectivity index (χ2n) is 3.26. The van der Waals surface area contributed by atoms with Crippen molar-refractivity contribution >= 4 is 11.6 Å². The summed E-state index contributed by atoms with van der Waals surface area (Å²) in [6, 6.07) is 6.13. The van der Waals surface area contributed by atoms with E-state index in [4.69, 9.17) is 0 Å². The minimum atomic E-state index is 0. The Morgan fingerprint density at radius 1 is 1.38 bits per heavy atom. The summed E-state index contributed by atoms with van der Waals surface area (Å²) in [4.78, 5) is 13.0. The molecule has 1 aromatic carbocycles. The number of likely N-dealkylation sites (N-methyl/N-ethyl adjacent to an activating group) is 1. The van der Waals surface area contributed by atoms with E-state index in [-0.39, 0.29) is 13.3 Å². The Hall–Kier alpha value is -1.31. The lowest BCUT2D eigenvalue weighted by atomic mass is 10.1. The van der Waals surface area contributed by atoms with Gasteiger partial charge in [-0.1, -0.05) is 25.1 Å². The van der Waals surface area contributed by atoms with Crippen molar-refractivity contribution in [2.75, 3.05) is 11.9 Å². The predicted molar refractivity (Wildman–Crippen MR) is 55.0 cm³/mol. The molecule has 70 valence electrons. The molecule has 2 heteroatoms. The lowest BCUT2D eigenvalue weighted by Crippen LogP contribution is -2.20. The van der Waals surface area contributed by atoms with E-state index in [2.05, 4.69) is 6.07 Å². The maximum atomic E-state index is 11.3. The number of carbonyl (C=O) groups is 1. The summed E-state index contributed by atoms with van der Waals surface area (Å²) in [5.41, 5.74) is 3.44. The monoisotopic (exact) mass is 177 g/mol. The van der Waals surface area contributed by atoms with Crippen LogP contribution in [0.4, 0.5) is 5.69 Å². The Bertz CT molecular complexity index is 344. The molecule has 1 aliphatic rings. The van der Waals surface area contributed by atoms with Gasteiger partial charge in [-0.2, -0.15) is 0 Å². The first-order chi connectivity index (χ1) is 5.68. The quantitative estimate of drug-likeness (QED) is 0.594. The highest BCUT2D eigenvalue weighted by Gasteiger charge is 2.23. The first kappa shape index (κ1) is 9.78. The number of hydrogen-bond acceptors (Lipinski definition) is 1. The SMILES string of the molecule is C.Cc1ccc2c(c1)CC(=O)N2C. The lowest BCUT2D eigenvalue weighted by molar-refractivity contribution is -0.117. The first-order valence-corrected chi connectivity index (χ1v) is 4.04. The van der Waals surface area contributed by atoms with Gasteiger partial charge in [-0.3, -0.25) is 4.79 Å². The maximum absolute atomic E-state index is 11.3. The number of nitrogens with zero attached hydrogens (tertiary/aromatic N) is 1. The maximum Gasteiger partial charge on any atom is 0.231 e. The fourth-order valence-electron chi connectivity index (χ4n) is 1.60. The Morgan fingerprint density at radius 2 is 2.08 bits per heavy atom. The van der Waals surface area contributed by atoms with Crippen LogP contribution in [0.5, 0.6) is 0 Å². The van der Waals surface area contributed by atoms with Gasteiger partial charge in [0, 0.05) is 12.7 Å².